The smallest absolute Gasteiger partial charge is 0.214 e. The molecular weight excluding hydrogens is 187 g/mol. The van der Waals surface area contributed by atoms with Crippen LogP contribution in [0.4, 0.5) is 4.39 Å². The van der Waals surface area contributed by atoms with E-state index >= 15 is 0 Å². The van der Waals surface area contributed by atoms with Crippen LogP contribution in [0.5, 0.6) is 0 Å². The summed E-state index contributed by atoms with van der Waals surface area (Å²) in [5.74, 6) is -0.150. The highest BCUT2D eigenvalue weighted by atomic mass is 19.1. The van der Waals surface area contributed by atoms with Gasteiger partial charge in [0.15, 0.2) is 0 Å². The van der Waals surface area contributed by atoms with Gasteiger partial charge in [-0.2, -0.15) is 4.98 Å². The number of halogens is 1. The van der Waals surface area contributed by atoms with Crippen molar-refractivity contribution < 1.29 is 14.0 Å². The molecule has 0 unspecified atom stereocenters. The van der Waals surface area contributed by atoms with Gasteiger partial charge in [-0.3, -0.25) is 0 Å². The van der Waals surface area contributed by atoms with Gasteiger partial charge in [0, 0.05) is 11.1 Å². The lowest BCUT2D eigenvalue weighted by Crippen LogP contribution is -1.90. The maximum Gasteiger partial charge on any atom is 0.214 e. The summed E-state index contributed by atoms with van der Waals surface area (Å²) in [6, 6.07) is 4.37. The first-order chi connectivity index (χ1) is 6.81. The zero-order valence-corrected chi connectivity index (χ0v) is 7.14. The van der Waals surface area contributed by atoms with Gasteiger partial charge < -0.3 is 9.63 Å². The molecule has 1 heterocycles. The molecule has 0 atom stereocenters. The van der Waals surface area contributed by atoms with Crippen LogP contribution in [0.1, 0.15) is 5.56 Å². The van der Waals surface area contributed by atoms with Crippen LogP contribution >= 0.6 is 0 Å². The third-order valence-corrected chi connectivity index (χ3v) is 1.84. The summed E-state index contributed by atoms with van der Waals surface area (Å²) >= 11 is 0. The number of hydrogen-bond acceptors (Lipinski definition) is 4. The summed E-state index contributed by atoms with van der Waals surface area (Å²) in [7, 11) is 0. The zero-order chi connectivity index (χ0) is 9.97. The van der Waals surface area contributed by atoms with Crippen molar-refractivity contribution in [2.75, 3.05) is 0 Å². The maximum atomic E-state index is 13.2. The number of aromatic nitrogens is 2. The highest BCUT2D eigenvalue weighted by molar-refractivity contribution is 5.54. The number of nitrogens with zero attached hydrogens (tertiary/aromatic N) is 2. The van der Waals surface area contributed by atoms with Crippen LogP contribution in [-0.2, 0) is 6.61 Å². The molecule has 14 heavy (non-hydrogen) atoms. The highest BCUT2D eigenvalue weighted by Crippen LogP contribution is 2.18. The van der Waals surface area contributed by atoms with E-state index in [4.69, 9.17) is 5.11 Å². The molecule has 0 radical (unpaired) electrons. The second-order valence-corrected chi connectivity index (χ2v) is 2.72. The fourth-order valence-electron chi connectivity index (χ4n) is 1.11. The summed E-state index contributed by atoms with van der Waals surface area (Å²) in [5.41, 5.74) is 0.769. The average molecular weight is 194 g/mol. The summed E-state index contributed by atoms with van der Waals surface area (Å²) < 4.78 is 17.7. The number of aliphatic hydroxyl groups is 1. The van der Waals surface area contributed by atoms with Crippen molar-refractivity contribution in [3.8, 4) is 11.4 Å². The van der Waals surface area contributed by atoms with Crippen molar-refractivity contribution in [1.82, 2.24) is 10.1 Å². The monoisotopic (exact) mass is 194 g/mol. The number of hydrogen-bond donors (Lipinski definition) is 1. The molecule has 72 valence electrons. The fraction of sp³-hybridized carbons (Fsp3) is 0.111. The summed E-state index contributed by atoms with van der Waals surface area (Å²) in [4.78, 5) is 3.78. The summed E-state index contributed by atoms with van der Waals surface area (Å²) in [6.45, 7) is -0.321. The molecule has 0 aliphatic carbocycles. The van der Waals surface area contributed by atoms with Crippen LogP contribution < -0.4 is 0 Å². The Morgan fingerprint density at radius 2 is 2.29 bits per heavy atom. The third-order valence-electron chi connectivity index (χ3n) is 1.84. The standard InChI is InChI=1S/C9H7FN2O2/c10-8-3-6(1-2-7(8)4-13)9-11-5-14-12-9/h1-3,5,13H,4H2. The normalized spacial score (nSPS) is 10.4. The molecule has 5 heteroatoms. The Labute approximate surface area is 79.0 Å². The fourth-order valence-corrected chi connectivity index (χ4v) is 1.11. The minimum Gasteiger partial charge on any atom is -0.392 e. The van der Waals surface area contributed by atoms with Gasteiger partial charge in [-0.1, -0.05) is 17.3 Å². The predicted octanol–water partition coefficient (Wildman–Crippen LogP) is 1.37. The van der Waals surface area contributed by atoms with Gasteiger partial charge in [0.25, 0.3) is 0 Å². The van der Waals surface area contributed by atoms with Crippen LogP contribution in [0.25, 0.3) is 11.4 Å². The largest absolute Gasteiger partial charge is 0.392 e. The Balaban J connectivity index is 2.43. The molecule has 0 fully saturated rings. The minimum atomic E-state index is -0.477. The lowest BCUT2D eigenvalue weighted by molar-refractivity contribution is 0.276. The molecule has 0 saturated carbocycles. The van der Waals surface area contributed by atoms with Crippen LogP contribution in [0.3, 0.4) is 0 Å². The topological polar surface area (TPSA) is 59.2 Å². The lowest BCUT2D eigenvalue weighted by atomic mass is 10.1. The number of benzene rings is 1. The van der Waals surface area contributed by atoms with E-state index in [0.717, 1.165) is 0 Å². The molecule has 1 N–H and O–H groups in total. The van der Waals surface area contributed by atoms with Crippen molar-refractivity contribution in [2.24, 2.45) is 0 Å². The van der Waals surface area contributed by atoms with Gasteiger partial charge >= 0.3 is 0 Å². The second kappa shape index (κ2) is 3.55. The van der Waals surface area contributed by atoms with Gasteiger partial charge in [-0.15, -0.1) is 0 Å². The first kappa shape index (κ1) is 8.83. The Bertz CT molecular complexity index is 428. The predicted molar refractivity (Wildman–Crippen MR) is 45.6 cm³/mol. The van der Waals surface area contributed by atoms with Gasteiger partial charge in [0.1, 0.15) is 5.82 Å². The molecule has 1 aromatic heterocycles. The SMILES string of the molecule is OCc1ccc(-c2ncon2)cc1F. The molecule has 0 bridgehead atoms. The molecule has 2 aromatic rings. The molecule has 0 amide bonds. The van der Waals surface area contributed by atoms with E-state index in [1.54, 1.807) is 6.07 Å². The number of rotatable bonds is 2. The van der Waals surface area contributed by atoms with Crippen molar-refractivity contribution in [2.45, 2.75) is 6.61 Å². The minimum absolute atomic E-state index is 0.247. The quantitative estimate of drug-likeness (QED) is 0.784. The molecular formula is C9H7FN2O2. The van der Waals surface area contributed by atoms with Crippen molar-refractivity contribution in [3.63, 3.8) is 0 Å². The van der Waals surface area contributed by atoms with E-state index in [1.165, 1.54) is 18.5 Å². The van der Waals surface area contributed by atoms with Crippen LogP contribution in [0.15, 0.2) is 29.1 Å². The molecule has 1 aromatic carbocycles. The molecule has 0 saturated heterocycles. The van der Waals surface area contributed by atoms with E-state index in [1.807, 2.05) is 0 Å². The Kier molecular flexibility index (Phi) is 2.24. The van der Waals surface area contributed by atoms with Crippen molar-refractivity contribution in [1.29, 1.82) is 0 Å². The second-order valence-electron chi connectivity index (χ2n) is 2.72. The summed E-state index contributed by atoms with van der Waals surface area (Å²) in [6.07, 6.45) is 1.17. The van der Waals surface area contributed by atoms with Gasteiger partial charge in [0.05, 0.1) is 6.61 Å². The van der Waals surface area contributed by atoms with E-state index in [0.29, 0.717) is 11.4 Å². The Hall–Kier alpha value is -1.75. The lowest BCUT2D eigenvalue weighted by Gasteiger charge is -1.99. The average Bonchev–Trinajstić information content (AvgIpc) is 2.70. The first-order valence-corrected chi connectivity index (χ1v) is 3.97. The molecule has 2 rings (SSSR count). The van der Waals surface area contributed by atoms with Crippen molar-refractivity contribution >= 4 is 0 Å². The van der Waals surface area contributed by atoms with E-state index < -0.39 is 5.82 Å². The van der Waals surface area contributed by atoms with Gasteiger partial charge in [-0.05, 0) is 6.07 Å². The van der Waals surface area contributed by atoms with Crippen LogP contribution in [0, 0.1) is 5.82 Å². The zero-order valence-electron chi connectivity index (χ0n) is 7.14. The molecule has 0 aliphatic rings. The Morgan fingerprint density at radius 3 is 2.86 bits per heavy atom. The third kappa shape index (κ3) is 1.49. The van der Waals surface area contributed by atoms with Crippen LogP contribution in [-0.4, -0.2) is 15.2 Å². The van der Waals surface area contributed by atoms with Crippen molar-refractivity contribution in [3.05, 3.63) is 36.0 Å². The first-order valence-electron chi connectivity index (χ1n) is 3.97. The van der Waals surface area contributed by atoms with E-state index in [2.05, 4.69) is 14.7 Å². The van der Waals surface area contributed by atoms with E-state index in [9.17, 15) is 4.39 Å². The molecule has 0 aliphatic heterocycles. The maximum absolute atomic E-state index is 13.2. The van der Waals surface area contributed by atoms with Gasteiger partial charge in [-0.25, -0.2) is 4.39 Å². The van der Waals surface area contributed by atoms with Crippen LogP contribution in [0.2, 0.25) is 0 Å². The van der Waals surface area contributed by atoms with Gasteiger partial charge in [0.2, 0.25) is 12.2 Å². The Morgan fingerprint density at radius 1 is 1.43 bits per heavy atom. The number of aliphatic hydroxyl groups excluding tert-OH is 1. The summed E-state index contributed by atoms with van der Waals surface area (Å²) in [5, 5.41) is 12.3. The molecule has 0 spiro atoms. The van der Waals surface area contributed by atoms with E-state index in [-0.39, 0.29) is 12.2 Å². The highest BCUT2D eigenvalue weighted by Gasteiger charge is 2.06. The molecule has 4 nitrogen and oxygen atoms in total.